The molecule has 0 radical (unpaired) electrons. The molecule has 0 aliphatic carbocycles. The minimum atomic E-state index is -0.529. The fraction of sp³-hybridized carbons (Fsp3) is 0.364. The summed E-state index contributed by atoms with van der Waals surface area (Å²) >= 11 is 1.66. The van der Waals surface area contributed by atoms with Crippen molar-refractivity contribution in [2.45, 2.75) is 31.6 Å². The number of rotatable bonds is 8. The fourth-order valence-corrected chi connectivity index (χ4v) is 4.55. The molecule has 1 aliphatic rings. The molecule has 2 aromatic heterocycles. The van der Waals surface area contributed by atoms with Gasteiger partial charge in [0.2, 0.25) is 5.91 Å². The van der Waals surface area contributed by atoms with Gasteiger partial charge in [-0.25, -0.2) is 9.48 Å². The lowest BCUT2D eigenvalue weighted by Crippen LogP contribution is -2.42. The standard InChI is InChI=1S/C22H25N5O4S/c1-30-17-7-5-15(6-8-17)11-23-21(28)20-10-16(12-26(20)13-18-4-3-9-32-18)27-14-19(24-25-27)22(29)31-2/h3-9,14,16,20H,10-13H2,1-2H3,(H,23,28)/t16-,20+/m1/s1. The molecule has 0 spiro atoms. The first-order chi connectivity index (χ1) is 15.6. The molecule has 3 heterocycles. The zero-order valence-corrected chi connectivity index (χ0v) is 18.7. The lowest BCUT2D eigenvalue weighted by molar-refractivity contribution is -0.125. The second-order valence-corrected chi connectivity index (χ2v) is 8.59. The van der Waals surface area contributed by atoms with Crippen molar-refractivity contribution >= 4 is 23.2 Å². The number of aromatic nitrogens is 3. The summed E-state index contributed by atoms with van der Waals surface area (Å²) in [6.07, 6.45) is 2.15. The van der Waals surface area contributed by atoms with Gasteiger partial charge in [-0.1, -0.05) is 23.4 Å². The second-order valence-electron chi connectivity index (χ2n) is 7.56. The number of ether oxygens (including phenoxy) is 2. The van der Waals surface area contributed by atoms with E-state index in [4.69, 9.17) is 9.47 Å². The van der Waals surface area contributed by atoms with Crippen LogP contribution in [0.2, 0.25) is 0 Å². The lowest BCUT2D eigenvalue weighted by atomic mass is 10.1. The molecule has 4 rings (SSSR count). The first-order valence-electron chi connectivity index (χ1n) is 10.2. The fourth-order valence-electron chi connectivity index (χ4n) is 3.82. The summed E-state index contributed by atoms with van der Waals surface area (Å²) in [6.45, 7) is 1.74. The quantitative estimate of drug-likeness (QED) is 0.520. The number of methoxy groups -OCH3 is 2. The number of esters is 1. The lowest BCUT2D eigenvalue weighted by Gasteiger charge is -2.22. The molecule has 1 aromatic carbocycles. The Kier molecular flexibility index (Phi) is 6.81. The predicted molar refractivity (Wildman–Crippen MR) is 118 cm³/mol. The number of thiophene rings is 1. The number of nitrogens with zero attached hydrogens (tertiary/aromatic N) is 4. The summed E-state index contributed by atoms with van der Waals surface area (Å²) in [5.74, 6) is 0.214. The van der Waals surface area contributed by atoms with Crippen LogP contribution in [0, 0.1) is 0 Å². The second kappa shape index (κ2) is 9.92. The van der Waals surface area contributed by atoms with Gasteiger partial charge in [0.1, 0.15) is 5.75 Å². The molecule has 32 heavy (non-hydrogen) atoms. The van der Waals surface area contributed by atoms with E-state index in [0.717, 1.165) is 11.3 Å². The molecule has 1 aliphatic heterocycles. The largest absolute Gasteiger partial charge is 0.497 e. The molecule has 1 saturated heterocycles. The number of benzene rings is 1. The molecule has 0 bridgehead atoms. The first kappa shape index (κ1) is 22.0. The summed E-state index contributed by atoms with van der Waals surface area (Å²) < 4.78 is 11.6. The number of amides is 1. The van der Waals surface area contributed by atoms with Gasteiger partial charge in [0.15, 0.2) is 5.69 Å². The molecule has 3 aromatic rings. The van der Waals surface area contributed by atoms with E-state index in [2.05, 4.69) is 26.6 Å². The van der Waals surface area contributed by atoms with E-state index in [-0.39, 0.29) is 23.7 Å². The highest BCUT2D eigenvalue weighted by Gasteiger charge is 2.38. The molecule has 1 fully saturated rings. The van der Waals surface area contributed by atoms with Crippen LogP contribution in [-0.4, -0.2) is 58.6 Å². The summed E-state index contributed by atoms with van der Waals surface area (Å²) in [5.41, 5.74) is 1.15. The highest BCUT2D eigenvalue weighted by molar-refractivity contribution is 7.09. The molecule has 0 unspecified atom stereocenters. The van der Waals surface area contributed by atoms with Gasteiger partial charge in [0.25, 0.3) is 0 Å². The average Bonchev–Trinajstić information content (AvgIpc) is 3.58. The maximum Gasteiger partial charge on any atom is 0.360 e. The van der Waals surface area contributed by atoms with Gasteiger partial charge < -0.3 is 14.8 Å². The number of likely N-dealkylation sites (tertiary alicyclic amines) is 1. The maximum atomic E-state index is 13.1. The smallest absolute Gasteiger partial charge is 0.360 e. The van der Waals surface area contributed by atoms with Crippen LogP contribution in [0.25, 0.3) is 0 Å². The van der Waals surface area contributed by atoms with Crippen molar-refractivity contribution in [1.29, 1.82) is 0 Å². The Morgan fingerprint density at radius 3 is 2.72 bits per heavy atom. The van der Waals surface area contributed by atoms with Crippen LogP contribution in [0.4, 0.5) is 0 Å². The van der Waals surface area contributed by atoms with Gasteiger partial charge in [-0.05, 0) is 35.6 Å². The van der Waals surface area contributed by atoms with Crippen molar-refractivity contribution in [1.82, 2.24) is 25.2 Å². The van der Waals surface area contributed by atoms with Crippen LogP contribution >= 0.6 is 11.3 Å². The minimum Gasteiger partial charge on any atom is -0.497 e. The van der Waals surface area contributed by atoms with Crippen molar-refractivity contribution in [3.8, 4) is 5.75 Å². The molecule has 168 valence electrons. The monoisotopic (exact) mass is 455 g/mol. The number of hydrogen-bond acceptors (Lipinski definition) is 8. The van der Waals surface area contributed by atoms with Crippen LogP contribution in [-0.2, 0) is 22.6 Å². The van der Waals surface area contributed by atoms with Gasteiger partial charge in [-0.15, -0.1) is 16.4 Å². The van der Waals surface area contributed by atoms with E-state index < -0.39 is 5.97 Å². The molecule has 1 amide bonds. The van der Waals surface area contributed by atoms with Gasteiger partial charge in [0.05, 0.1) is 32.5 Å². The number of nitrogens with one attached hydrogen (secondary N) is 1. The molecular weight excluding hydrogens is 430 g/mol. The molecular formula is C22H25N5O4S. The third-order valence-corrected chi connectivity index (χ3v) is 6.39. The van der Waals surface area contributed by atoms with Crippen molar-refractivity contribution in [3.63, 3.8) is 0 Å². The Morgan fingerprint density at radius 2 is 2.03 bits per heavy atom. The Hall–Kier alpha value is -3.24. The van der Waals surface area contributed by atoms with Crippen LogP contribution in [0.15, 0.2) is 48.0 Å². The van der Waals surface area contributed by atoms with E-state index in [1.54, 1.807) is 29.3 Å². The molecule has 2 atom stereocenters. The Balaban J connectivity index is 1.46. The highest BCUT2D eigenvalue weighted by Crippen LogP contribution is 2.29. The van der Waals surface area contributed by atoms with Gasteiger partial charge >= 0.3 is 5.97 Å². The van der Waals surface area contributed by atoms with E-state index >= 15 is 0 Å². The van der Waals surface area contributed by atoms with E-state index in [9.17, 15) is 9.59 Å². The Bertz CT molecular complexity index is 1050. The third kappa shape index (κ3) is 4.97. The summed E-state index contributed by atoms with van der Waals surface area (Å²) in [7, 11) is 2.93. The summed E-state index contributed by atoms with van der Waals surface area (Å²) in [6, 6.07) is 11.3. The van der Waals surface area contributed by atoms with Crippen LogP contribution in [0.5, 0.6) is 5.75 Å². The van der Waals surface area contributed by atoms with Gasteiger partial charge in [-0.2, -0.15) is 0 Å². The van der Waals surface area contributed by atoms with Crippen LogP contribution in [0.1, 0.15) is 33.4 Å². The molecule has 9 nitrogen and oxygen atoms in total. The normalized spacial score (nSPS) is 18.4. The van der Waals surface area contributed by atoms with Crippen molar-refractivity contribution < 1.29 is 19.1 Å². The van der Waals surface area contributed by atoms with Crippen LogP contribution < -0.4 is 10.1 Å². The number of carbonyl (C=O) groups excluding carboxylic acids is 2. The van der Waals surface area contributed by atoms with Crippen molar-refractivity contribution in [3.05, 3.63) is 64.1 Å². The van der Waals surface area contributed by atoms with Crippen molar-refractivity contribution in [2.75, 3.05) is 20.8 Å². The van der Waals surface area contributed by atoms with E-state index in [1.807, 2.05) is 35.7 Å². The van der Waals surface area contributed by atoms with E-state index in [1.165, 1.54) is 12.0 Å². The zero-order valence-electron chi connectivity index (χ0n) is 17.9. The average molecular weight is 456 g/mol. The molecule has 10 heteroatoms. The van der Waals surface area contributed by atoms with Crippen molar-refractivity contribution in [2.24, 2.45) is 0 Å². The summed E-state index contributed by atoms with van der Waals surface area (Å²) in [4.78, 5) is 28.2. The predicted octanol–water partition coefficient (Wildman–Crippen LogP) is 2.27. The highest BCUT2D eigenvalue weighted by atomic mass is 32.1. The van der Waals surface area contributed by atoms with E-state index in [0.29, 0.717) is 26.1 Å². The number of hydrogen-bond donors (Lipinski definition) is 1. The number of carbonyl (C=O) groups is 2. The zero-order chi connectivity index (χ0) is 22.5. The van der Waals surface area contributed by atoms with Gasteiger partial charge in [0, 0.05) is 24.5 Å². The van der Waals surface area contributed by atoms with Crippen LogP contribution in [0.3, 0.4) is 0 Å². The summed E-state index contributed by atoms with van der Waals surface area (Å²) in [5, 5.41) is 13.1. The Morgan fingerprint density at radius 1 is 1.22 bits per heavy atom. The topological polar surface area (TPSA) is 98.6 Å². The minimum absolute atomic E-state index is 0.0341. The maximum absolute atomic E-state index is 13.1. The molecule has 1 N–H and O–H groups in total. The molecule has 0 saturated carbocycles. The Labute approximate surface area is 189 Å². The first-order valence-corrected chi connectivity index (χ1v) is 11.1. The SMILES string of the molecule is COC(=O)c1cn([C@@H]2C[C@@H](C(=O)NCc3ccc(OC)cc3)N(Cc3cccs3)C2)nn1. The third-order valence-electron chi connectivity index (χ3n) is 5.53. The van der Waals surface area contributed by atoms with Gasteiger partial charge in [-0.3, -0.25) is 9.69 Å².